The molecule has 25 heavy (non-hydrogen) atoms. The molecule has 2 aromatic carbocycles. The van der Waals surface area contributed by atoms with Crippen molar-refractivity contribution in [3.05, 3.63) is 48.5 Å². The van der Waals surface area contributed by atoms with Crippen molar-refractivity contribution in [3.8, 4) is 0 Å². The Morgan fingerprint density at radius 3 is 2.00 bits per heavy atom. The number of hydrogen-bond acceptors (Lipinski definition) is 3. The van der Waals surface area contributed by atoms with Crippen LogP contribution in [0.5, 0.6) is 0 Å². The summed E-state index contributed by atoms with van der Waals surface area (Å²) < 4.78 is 29.4. The lowest BCUT2D eigenvalue weighted by Crippen LogP contribution is -2.26. The third kappa shape index (κ3) is 4.90. The smallest absolute Gasteiger partial charge is 0.150 e. The Bertz CT molecular complexity index is 761. The maximum Gasteiger partial charge on any atom is 0.150 e. The quantitative estimate of drug-likeness (QED) is 0.803. The van der Waals surface area contributed by atoms with Gasteiger partial charge in [-0.2, -0.15) is 0 Å². The summed E-state index contributed by atoms with van der Waals surface area (Å²) in [5.41, 5.74) is 1.81. The predicted octanol–water partition coefficient (Wildman–Crippen LogP) is 3.25. The fourth-order valence-electron chi connectivity index (χ4n) is 2.19. The Morgan fingerprint density at radius 2 is 1.44 bits per heavy atom. The van der Waals surface area contributed by atoms with E-state index in [0.29, 0.717) is 15.8 Å². The highest BCUT2D eigenvalue weighted by Crippen LogP contribution is 2.27. The fourth-order valence-corrected chi connectivity index (χ4v) is 3.86. The van der Waals surface area contributed by atoms with Crippen molar-refractivity contribution in [2.45, 2.75) is 29.7 Å². The van der Waals surface area contributed by atoms with Crippen LogP contribution in [0, 0.1) is 0 Å². The Kier molecular flexibility index (Phi) is 6.75. The van der Waals surface area contributed by atoms with Crippen LogP contribution in [0.2, 0.25) is 0 Å². The highest BCUT2D eigenvalue weighted by Gasteiger charge is 2.13. The van der Waals surface area contributed by atoms with Gasteiger partial charge in [0.05, 0.1) is 21.2 Å². The van der Waals surface area contributed by atoms with Gasteiger partial charge in [0, 0.05) is 13.1 Å². The van der Waals surface area contributed by atoms with E-state index in [9.17, 15) is 8.42 Å². The van der Waals surface area contributed by atoms with Crippen LogP contribution in [0.4, 0.5) is 11.4 Å². The molecule has 0 aromatic heterocycles. The molecule has 0 aliphatic carbocycles. The van der Waals surface area contributed by atoms with E-state index >= 15 is 0 Å². The fraction of sp³-hybridized carbons (Fsp3) is 0.333. The van der Waals surface area contributed by atoms with E-state index in [0.717, 1.165) is 11.4 Å². The van der Waals surface area contributed by atoms with Gasteiger partial charge in [-0.05, 0) is 64.3 Å². The molecule has 2 rings (SSSR count). The minimum Gasteiger partial charge on any atom is -0.370 e. The molecule has 7 heteroatoms. The monoisotopic (exact) mass is 379 g/mol. The van der Waals surface area contributed by atoms with Gasteiger partial charge in [-0.1, -0.05) is 12.1 Å². The summed E-state index contributed by atoms with van der Waals surface area (Å²) in [6.45, 7) is 4.22. The summed E-state index contributed by atoms with van der Waals surface area (Å²) in [4.78, 5) is 3.45. The molecule has 0 bridgehead atoms. The van der Waals surface area contributed by atoms with Crippen molar-refractivity contribution in [3.63, 3.8) is 0 Å². The minimum atomic E-state index is -1.40. The Hall–Kier alpha value is -1.70. The molecule has 0 fully saturated rings. The van der Waals surface area contributed by atoms with Gasteiger partial charge in [0.15, 0.2) is 0 Å². The lowest BCUT2D eigenvalue weighted by atomic mass is 10.2. The van der Waals surface area contributed by atoms with Gasteiger partial charge in [0.1, 0.15) is 22.0 Å². The van der Waals surface area contributed by atoms with E-state index in [1.165, 1.54) is 0 Å². The van der Waals surface area contributed by atoms with Crippen molar-refractivity contribution < 1.29 is 8.42 Å². The van der Waals surface area contributed by atoms with Crippen LogP contribution >= 0.6 is 0 Å². The second-order valence-electron chi connectivity index (χ2n) is 6.13. The molecule has 5 nitrogen and oxygen atoms in total. The average molecular weight is 380 g/mol. The first-order chi connectivity index (χ1) is 11.8. The molecule has 0 spiro atoms. The molecule has 136 valence electrons. The molecular formula is C18H25N3O2S2. The zero-order valence-electron chi connectivity index (χ0n) is 15.2. The topological polar surface area (TPSA) is 52.7 Å². The van der Waals surface area contributed by atoms with E-state index < -0.39 is 22.0 Å². The molecule has 2 aromatic rings. The lowest BCUT2D eigenvalue weighted by molar-refractivity contribution is 0.602. The summed E-state index contributed by atoms with van der Waals surface area (Å²) in [6, 6.07) is 15.1. The Morgan fingerprint density at radius 1 is 0.880 bits per heavy atom. The zero-order chi connectivity index (χ0) is 18.6. The zero-order valence-corrected chi connectivity index (χ0v) is 16.9. The van der Waals surface area contributed by atoms with Crippen molar-refractivity contribution >= 4 is 33.3 Å². The average Bonchev–Trinajstić information content (AvgIpc) is 2.60. The lowest BCUT2D eigenvalue weighted by Gasteiger charge is -2.26. The van der Waals surface area contributed by atoms with Gasteiger partial charge in [-0.3, -0.25) is 4.72 Å². The van der Waals surface area contributed by atoms with Gasteiger partial charge in [-0.25, -0.2) is 12.7 Å². The van der Waals surface area contributed by atoms with Crippen LogP contribution in [-0.4, -0.2) is 39.9 Å². The van der Waals surface area contributed by atoms with Crippen LogP contribution < -0.4 is 9.62 Å². The third-order valence-corrected chi connectivity index (χ3v) is 6.28. The largest absolute Gasteiger partial charge is 0.370 e. The number of rotatable bonds is 7. The number of nitrogens with zero attached hydrogens (tertiary/aromatic N) is 2. The maximum atomic E-state index is 12.7. The SMILES string of the molecule is CC(C)N(C)c1ccccc1NS(=O)c1ccc(S(=O)N(C)C)cc1. The normalized spacial score (nSPS) is 13.7. The molecule has 0 saturated heterocycles. The number of nitrogens with one attached hydrogen (secondary N) is 1. The van der Waals surface area contributed by atoms with Crippen molar-refractivity contribution in [2.75, 3.05) is 30.8 Å². The first-order valence-electron chi connectivity index (χ1n) is 8.01. The summed E-state index contributed by atoms with van der Waals surface area (Å²) in [5.74, 6) is 0. The number of benzene rings is 2. The van der Waals surface area contributed by atoms with Crippen LogP contribution in [0.25, 0.3) is 0 Å². The standard InChI is InChI=1S/C18H25N3O2S2/c1-14(2)21(5)18-9-7-6-8-17(18)19-24(22)15-10-12-16(13-11-15)25(23)20(3)4/h6-14,19H,1-5H3. The first-order valence-corrected chi connectivity index (χ1v) is 10.3. The summed E-state index contributed by atoms with van der Waals surface area (Å²) in [5, 5.41) is 0. The Balaban J connectivity index is 2.19. The molecule has 1 N–H and O–H groups in total. The van der Waals surface area contributed by atoms with Crippen molar-refractivity contribution in [1.29, 1.82) is 0 Å². The second kappa shape index (κ2) is 8.60. The molecule has 0 aliphatic rings. The van der Waals surface area contributed by atoms with Gasteiger partial charge < -0.3 is 4.90 Å². The van der Waals surface area contributed by atoms with Crippen LogP contribution in [0.1, 0.15) is 13.8 Å². The van der Waals surface area contributed by atoms with E-state index in [2.05, 4.69) is 23.5 Å². The summed E-state index contributed by atoms with van der Waals surface area (Å²) in [6.07, 6.45) is 0. The summed E-state index contributed by atoms with van der Waals surface area (Å²) in [7, 11) is 2.93. The predicted molar refractivity (Wildman–Crippen MR) is 107 cm³/mol. The summed E-state index contributed by atoms with van der Waals surface area (Å²) >= 11 is 0. The molecule has 0 aliphatic heterocycles. The van der Waals surface area contributed by atoms with E-state index in [-0.39, 0.29) is 0 Å². The van der Waals surface area contributed by atoms with Crippen LogP contribution in [0.3, 0.4) is 0 Å². The van der Waals surface area contributed by atoms with E-state index in [1.54, 1.807) is 42.7 Å². The highest BCUT2D eigenvalue weighted by atomic mass is 32.2. The first kappa shape index (κ1) is 19.6. The number of hydrogen-bond donors (Lipinski definition) is 1. The second-order valence-corrected chi connectivity index (χ2v) is 9.04. The molecule has 2 atom stereocenters. The highest BCUT2D eigenvalue weighted by molar-refractivity contribution is 7.86. The molecule has 0 saturated carbocycles. The molecule has 2 unspecified atom stereocenters. The Labute approximate surface area is 155 Å². The van der Waals surface area contributed by atoms with E-state index in [1.807, 2.05) is 31.3 Å². The van der Waals surface area contributed by atoms with Crippen LogP contribution in [-0.2, 0) is 22.0 Å². The van der Waals surface area contributed by atoms with Gasteiger partial charge >= 0.3 is 0 Å². The maximum absolute atomic E-state index is 12.7. The molecule has 0 radical (unpaired) electrons. The minimum absolute atomic E-state index is 0.330. The molecule has 0 amide bonds. The van der Waals surface area contributed by atoms with Crippen LogP contribution in [0.15, 0.2) is 58.3 Å². The van der Waals surface area contributed by atoms with Crippen molar-refractivity contribution in [2.24, 2.45) is 0 Å². The van der Waals surface area contributed by atoms with Gasteiger partial charge in [0.25, 0.3) is 0 Å². The van der Waals surface area contributed by atoms with Crippen molar-refractivity contribution in [1.82, 2.24) is 4.31 Å². The molecular weight excluding hydrogens is 354 g/mol. The number of anilines is 2. The number of para-hydroxylation sites is 2. The van der Waals surface area contributed by atoms with E-state index in [4.69, 9.17) is 0 Å². The van der Waals surface area contributed by atoms with Gasteiger partial charge in [0.2, 0.25) is 0 Å². The van der Waals surface area contributed by atoms with Gasteiger partial charge in [-0.15, -0.1) is 0 Å². The third-order valence-electron chi connectivity index (χ3n) is 3.83. The molecule has 0 heterocycles.